The molecule has 1 fully saturated rings. The van der Waals surface area contributed by atoms with Gasteiger partial charge in [-0.3, -0.25) is 4.90 Å². The molecule has 0 radical (unpaired) electrons. The van der Waals surface area contributed by atoms with Gasteiger partial charge in [-0.25, -0.2) is 0 Å². The Kier molecular flexibility index (Phi) is 6.03. The summed E-state index contributed by atoms with van der Waals surface area (Å²) in [5.41, 5.74) is 1.17. The van der Waals surface area contributed by atoms with Crippen LogP contribution in [0.2, 0.25) is 0 Å². The van der Waals surface area contributed by atoms with Crippen molar-refractivity contribution in [3.8, 4) is 0 Å². The fourth-order valence-electron chi connectivity index (χ4n) is 3.10. The Morgan fingerprint density at radius 2 is 1.86 bits per heavy atom. The predicted molar refractivity (Wildman–Crippen MR) is 86.8 cm³/mol. The van der Waals surface area contributed by atoms with Crippen LogP contribution in [0.5, 0.6) is 0 Å². The molecule has 118 valence electrons. The summed E-state index contributed by atoms with van der Waals surface area (Å²) in [6, 6.07) is 10.3. The van der Waals surface area contributed by atoms with Crippen molar-refractivity contribution in [2.45, 2.75) is 39.1 Å². The second kappa shape index (κ2) is 7.78. The van der Waals surface area contributed by atoms with Crippen LogP contribution >= 0.6 is 0 Å². The number of ether oxygens (including phenoxy) is 1. The summed E-state index contributed by atoms with van der Waals surface area (Å²) in [7, 11) is 0. The smallest absolute Gasteiger partial charge is 0.0841 e. The third kappa shape index (κ3) is 4.99. The van der Waals surface area contributed by atoms with Gasteiger partial charge in [0, 0.05) is 38.4 Å². The molecule has 1 heterocycles. The van der Waals surface area contributed by atoms with E-state index in [1.165, 1.54) is 5.69 Å². The highest BCUT2D eigenvalue weighted by atomic mass is 16.5. The first-order valence-corrected chi connectivity index (χ1v) is 7.94. The van der Waals surface area contributed by atoms with Crippen LogP contribution in [0.3, 0.4) is 0 Å². The number of para-hydroxylation sites is 1. The molecular formula is C17H28N2O2. The fourth-order valence-corrected chi connectivity index (χ4v) is 3.10. The van der Waals surface area contributed by atoms with Gasteiger partial charge < -0.3 is 14.7 Å². The average Bonchev–Trinajstić information content (AvgIpc) is 2.44. The maximum Gasteiger partial charge on any atom is 0.0841 e. The number of likely N-dealkylation sites (N-methyl/N-ethyl adjacent to an activating group) is 1. The standard InChI is InChI=1S/C17H28N2O2/c1-4-19(16-8-6-5-7-9-16)13-17(20)12-18-10-14(2)21-15(3)11-18/h5-9,14-15,17,20H,4,10-13H2,1-3H3. The van der Waals surface area contributed by atoms with Crippen molar-refractivity contribution in [1.29, 1.82) is 0 Å². The number of hydrogen-bond acceptors (Lipinski definition) is 4. The Morgan fingerprint density at radius 3 is 2.43 bits per heavy atom. The number of nitrogens with zero attached hydrogens (tertiary/aromatic N) is 2. The Balaban J connectivity index is 1.86. The van der Waals surface area contributed by atoms with Crippen molar-refractivity contribution in [2.24, 2.45) is 0 Å². The van der Waals surface area contributed by atoms with Gasteiger partial charge in [0.05, 0.1) is 18.3 Å². The SMILES string of the molecule is CCN(CC(O)CN1CC(C)OC(C)C1)c1ccccc1. The average molecular weight is 292 g/mol. The van der Waals surface area contributed by atoms with E-state index in [1.54, 1.807) is 0 Å². The number of hydrogen-bond donors (Lipinski definition) is 1. The molecule has 0 amide bonds. The lowest BCUT2D eigenvalue weighted by Crippen LogP contribution is -2.49. The molecule has 21 heavy (non-hydrogen) atoms. The first-order chi connectivity index (χ1) is 10.1. The number of anilines is 1. The molecule has 0 bridgehead atoms. The minimum absolute atomic E-state index is 0.248. The Labute approximate surface area is 128 Å². The highest BCUT2D eigenvalue weighted by Gasteiger charge is 2.24. The van der Waals surface area contributed by atoms with Gasteiger partial charge in [-0.1, -0.05) is 18.2 Å². The zero-order valence-electron chi connectivity index (χ0n) is 13.4. The molecule has 1 aliphatic rings. The second-order valence-corrected chi connectivity index (χ2v) is 6.00. The summed E-state index contributed by atoms with van der Waals surface area (Å²) in [5.74, 6) is 0. The van der Waals surface area contributed by atoms with Crippen LogP contribution in [0.25, 0.3) is 0 Å². The van der Waals surface area contributed by atoms with Crippen LogP contribution in [-0.2, 0) is 4.74 Å². The number of benzene rings is 1. The summed E-state index contributed by atoms with van der Waals surface area (Å²) in [4.78, 5) is 4.53. The van der Waals surface area contributed by atoms with Crippen molar-refractivity contribution in [1.82, 2.24) is 4.90 Å². The van der Waals surface area contributed by atoms with Gasteiger partial charge in [-0.2, -0.15) is 0 Å². The van der Waals surface area contributed by atoms with Crippen molar-refractivity contribution in [2.75, 3.05) is 37.6 Å². The summed E-state index contributed by atoms with van der Waals surface area (Å²) >= 11 is 0. The zero-order chi connectivity index (χ0) is 15.2. The van der Waals surface area contributed by atoms with E-state index in [9.17, 15) is 5.11 Å². The van der Waals surface area contributed by atoms with Gasteiger partial charge in [-0.05, 0) is 32.9 Å². The van der Waals surface area contributed by atoms with Crippen molar-refractivity contribution >= 4 is 5.69 Å². The van der Waals surface area contributed by atoms with E-state index >= 15 is 0 Å². The van der Waals surface area contributed by atoms with Crippen LogP contribution < -0.4 is 4.90 Å². The van der Waals surface area contributed by atoms with Gasteiger partial charge >= 0.3 is 0 Å². The lowest BCUT2D eigenvalue weighted by atomic mass is 10.2. The van der Waals surface area contributed by atoms with Crippen LogP contribution in [0.1, 0.15) is 20.8 Å². The summed E-state index contributed by atoms with van der Waals surface area (Å²) in [5, 5.41) is 10.4. The largest absolute Gasteiger partial charge is 0.390 e. The molecular weight excluding hydrogens is 264 g/mol. The minimum Gasteiger partial charge on any atom is -0.390 e. The second-order valence-electron chi connectivity index (χ2n) is 6.00. The third-order valence-electron chi connectivity index (χ3n) is 3.90. The molecule has 1 aromatic rings. The molecule has 4 nitrogen and oxygen atoms in total. The van der Waals surface area contributed by atoms with Gasteiger partial charge in [0.2, 0.25) is 0 Å². The van der Waals surface area contributed by atoms with Gasteiger partial charge in [-0.15, -0.1) is 0 Å². The van der Waals surface area contributed by atoms with Gasteiger partial charge in [0.15, 0.2) is 0 Å². The Bertz CT molecular complexity index is 403. The summed E-state index contributed by atoms with van der Waals surface area (Å²) in [6.45, 7) is 10.4. The third-order valence-corrected chi connectivity index (χ3v) is 3.90. The van der Waals surface area contributed by atoms with E-state index in [-0.39, 0.29) is 18.3 Å². The number of morpholine rings is 1. The number of rotatable bonds is 6. The molecule has 0 spiro atoms. The molecule has 1 saturated heterocycles. The Morgan fingerprint density at radius 1 is 1.24 bits per heavy atom. The highest BCUT2D eigenvalue weighted by molar-refractivity contribution is 5.45. The molecule has 0 aliphatic carbocycles. The van der Waals surface area contributed by atoms with E-state index in [4.69, 9.17) is 4.74 Å². The maximum atomic E-state index is 10.4. The van der Waals surface area contributed by atoms with Crippen LogP contribution in [0, 0.1) is 0 Å². The van der Waals surface area contributed by atoms with Crippen LogP contribution in [0.15, 0.2) is 30.3 Å². The molecule has 1 N–H and O–H groups in total. The normalized spacial score (nSPS) is 24.8. The van der Waals surface area contributed by atoms with Gasteiger partial charge in [0.25, 0.3) is 0 Å². The molecule has 1 aromatic carbocycles. The van der Waals surface area contributed by atoms with E-state index in [0.717, 1.165) is 19.6 Å². The number of aliphatic hydroxyl groups is 1. The van der Waals surface area contributed by atoms with E-state index in [0.29, 0.717) is 13.1 Å². The minimum atomic E-state index is -0.345. The zero-order valence-corrected chi connectivity index (χ0v) is 13.4. The van der Waals surface area contributed by atoms with Gasteiger partial charge in [0.1, 0.15) is 0 Å². The molecule has 0 saturated carbocycles. The topological polar surface area (TPSA) is 35.9 Å². The monoisotopic (exact) mass is 292 g/mol. The highest BCUT2D eigenvalue weighted by Crippen LogP contribution is 2.15. The molecule has 3 unspecified atom stereocenters. The quantitative estimate of drug-likeness (QED) is 0.870. The summed E-state index contributed by atoms with van der Waals surface area (Å²) in [6.07, 6.45) is 0.150. The molecule has 3 atom stereocenters. The lowest BCUT2D eigenvalue weighted by molar-refractivity contribution is -0.0758. The molecule has 2 rings (SSSR count). The molecule has 0 aromatic heterocycles. The number of aliphatic hydroxyl groups excluding tert-OH is 1. The van der Waals surface area contributed by atoms with E-state index < -0.39 is 0 Å². The lowest BCUT2D eigenvalue weighted by Gasteiger charge is -2.37. The van der Waals surface area contributed by atoms with Crippen molar-refractivity contribution in [3.63, 3.8) is 0 Å². The first-order valence-electron chi connectivity index (χ1n) is 7.94. The van der Waals surface area contributed by atoms with E-state index in [1.807, 2.05) is 18.2 Å². The van der Waals surface area contributed by atoms with Crippen LogP contribution in [-0.4, -0.2) is 61.0 Å². The number of β-amino-alcohol motifs (C(OH)–C–C–N with tert-alkyl or cyclic N) is 1. The van der Waals surface area contributed by atoms with Crippen molar-refractivity contribution in [3.05, 3.63) is 30.3 Å². The van der Waals surface area contributed by atoms with Crippen molar-refractivity contribution < 1.29 is 9.84 Å². The van der Waals surface area contributed by atoms with Crippen LogP contribution in [0.4, 0.5) is 5.69 Å². The molecule has 4 heteroatoms. The molecule has 1 aliphatic heterocycles. The maximum absolute atomic E-state index is 10.4. The summed E-state index contributed by atoms with van der Waals surface area (Å²) < 4.78 is 5.74. The fraction of sp³-hybridized carbons (Fsp3) is 0.647. The first kappa shape index (κ1) is 16.3. The van der Waals surface area contributed by atoms with E-state index in [2.05, 4.69) is 42.7 Å². The Hall–Kier alpha value is -1.10. The predicted octanol–water partition coefficient (Wildman–Crippen LogP) is 1.98.